The number of benzene rings is 2. The topological polar surface area (TPSA) is 61.4 Å². The van der Waals surface area contributed by atoms with Gasteiger partial charge in [-0.3, -0.25) is 9.59 Å². The summed E-state index contributed by atoms with van der Waals surface area (Å²) < 4.78 is 13.2. The maximum atomic E-state index is 13.2. The third kappa shape index (κ3) is 4.26. The third-order valence-corrected chi connectivity index (χ3v) is 4.55. The van der Waals surface area contributed by atoms with E-state index in [1.807, 2.05) is 24.0 Å². The summed E-state index contributed by atoms with van der Waals surface area (Å²) in [6, 6.07) is 12.7. The molecule has 2 aromatic rings. The van der Waals surface area contributed by atoms with Gasteiger partial charge in [-0.15, -0.1) is 0 Å². The molecule has 26 heavy (non-hydrogen) atoms. The van der Waals surface area contributed by atoms with Crippen molar-refractivity contribution in [1.82, 2.24) is 10.2 Å². The van der Waals surface area contributed by atoms with Gasteiger partial charge in [-0.25, -0.2) is 4.39 Å². The first-order chi connectivity index (χ1) is 12.5. The van der Waals surface area contributed by atoms with E-state index < -0.39 is 5.82 Å². The van der Waals surface area contributed by atoms with Gasteiger partial charge in [-0.1, -0.05) is 18.2 Å². The Bertz CT molecular complexity index is 786. The van der Waals surface area contributed by atoms with Crippen molar-refractivity contribution in [2.75, 3.05) is 31.5 Å². The summed E-state index contributed by atoms with van der Waals surface area (Å²) in [6.07, 6.45) is 0. The van der Waals surface area contributed by atoms with Crippen molar-refractivity contribution < 1.29 is 14.0 Å². The maximum absolute atomic E-state index is 13.2. The molecular weight excluding hydrogens is 333 g/mol. The first-order valence-corrected chi connectivity index (χ1v) is 8.71. The van der Waals surface area contributed by atoms with E-state index >= 15 is 0 Å². The molecule has 2 N–H and O–H groups in total. The van der Waals surface area contributed by atoms with Crippen molar-refractivity contribution in [3.8, 4) is 0 Å². The monoisotopic (exact) mass is 355 g/mol. The third-order valence-electron chi connectivity index (χ3n) is 4.55. The lowest BCUT2D eigenvalue weighted by atomic mass is 9.99. The van der Waals surface area contributed by atoms with Crippen LogP contribution in [-0.4, -0.2) is 42.9 Å². The lowest BCUT2D eigenvalue weighted by molar-refractivity contribution is -0.133. The number of carbonyl (C=O) groups excluding carboxylic acids is 2. The number of anilines is 1. The van der Waals surface area contributed by atoms with Crippen LogP contribution < -0.4 is 10.6 Å². The number of nitrogens with one attached hydrogen (secondary N) is 2. The summed E-state index contributed by atoms with van der Waals surface area (Å²) in [7, 11) is 0. The second-order valence-corrected chi connectivity index (χ2v) is 6.38. The van der Waals surface area contributed by atoms with E-state index in [9.17, 15) is 14.0 Å². The fraction of sp³-hybridized carbons (Fsp3) is 0.300. The van der Waals surface area contributed by atoms with Crippen LogP contribution in [0.25, 0.3) is 0 Å². The molecule has 1 fully saturated rings. The Morgan fingerprint density at radius 3 is 2.46 bits per heavy atom. The summed E-state index contributed by atoms with van der Waals surface area (Å²) in [5.74, 6) is -0.945. The highest BCUT2D eigenvalue weighted by Gasteiger charge is 2.23. The van der Waals surface area contributed by atoms with Crippen molar-refractivity contribution in [2.24, 2.45) is 0 Å². The van der Waals surface area contributed by atoms with Gasteiger partial charge in [-0.05, 0) is 42.8 Å². The van der Waals surface area contributed by atoms with Crippen LogP contribution in [0.1, 0.15) is 28.8 Å². The van der Waals surface area contributed by atoms with Gasteiger partial charge in [0.2, 0.25) is 5.91 Å². The average Bonchev–Trinajstić information content (AvgIpc) is 2.68. The highest BCUT2D eigenvalue weighted by atomic mass is 19.1. The zero-order valence-corrected chi connectivity index (χ0v) is 14.7. The SMILES string of the molecule is CC(C(=O)N1CCNCC1)c1ccc(NC(=O)c2cccc(F)c2)cc1. The normalized spacial score (nSPS) is 15.4. The van der Waals surface area contributed by atoms with Crippen LogP contribution in [0.5, 0.6) is 0 Å². The van der Waals surface area contributed by atoms with Crippen molar-refractivity contribution >= 4 is 17.5 Å². The summed E-state index contributed by atoms with van der Waals surface area (Å²) >= 11 is 0. The van der Waals surface area contributed by atoms with Crippen LogP contribution in [0.3, 0.4) is 0 Å². The van der Waals surface area contributed by atoms with E-state index in [0.29, 0.717) is 5.69 Å². The van der Waals surface area contributed by atoms with Gasteiger partial charge < -0.3 is 15.5 Å². The molecule has 2 amide bonds. The first-order valence-electron chi connectivity index (χ1n) is 8.71. The second kappa shape index (κ2) is 8.10. The molecule has 0 saturated carbocycles. The van der Waals surface area contributed by atoms with Gasteiger partial charge in [0, 0.05) is 37.4 Å². The van der Waals surface area contributed by atoms with E-state index in [2.05, 4.69) is 10.6 Å². The standard InChI is InChI=1S/C20H22FN3O2/c1-14(20(26)24-11-9-22-10-12-24)15-5-7-18(8-6-15)23-19(25)16-3-2-4-17(21)13-16/h2-8,13-14,22H,9-12H2,1H3,(H,23,25). The molecule has 0 aliphatic carbocycles. The number of rotatable bonds is 4. The number of hydrogen-bond acceptors (Lipinski definition) is 3. The van der Waals surface area contributed by atoms with Crippen LogP contribution in [-0.2, 0) is 4.79 Å². The minimum absolute atomic E-state index is 0.114. The Morgan fingerprint density at radius 1 is 1.12 bits per heavy atom. The molecule has 2 aromatic carbocycles. The van der Waals surface area contributed by atoms with Gasteiger partial charge in [0.25, 0.3) is 5.91 Å². The van der Waals surface area contributed by atoms with Crippen molar-refractivity contribution in [3.05, 3.63) is 65.5 Å². The molecule has 5 nitrogen and oxygen atoms in total. The van der Waals surface area contributed by atoms with Crippen molar-refractivity contribution in [2.45, 2.75) is 12.8 Å². The molecule has 1 heterocycles. The number of nitrogens with zero attached hydrogens (tertiary/aromatic N) is 1. The average molecular weight is 355 g/mol. The molecule has 1 unspecified atom stereocenters. The zero-order chi connectivity index (χ0) is 18.5. The molecular formula is C20H22FN3O2. The maximum Gasteiger partial charge on any atom is 0.255 e. The number of piperazine rings is 1. The molecule has 1 saturated heterocycles. The summed E-state index contributed by atoms with van der Waals surface area (Å²) in [4.78, 5) is 26.6. The van der Waals surface area contributed by atoms with Crippen LogP contribution in [0.15, 0.2) is 48.5 Å². The first kappa shape index (κ1) is 18.1. The molecule has 6 heteroatoms. The molecule has 0 spiro atoms. The van der Waals surface area contributed by atoms with Gasteiger partial charge in [0.1, 0.15) is 5.82 Å². The predicted octanol–water partition coefficient (Wildman–Crippen LogP) is 2.61. The van der Waals surface area contributed by atoms with Crippen LogP contribution in [0.4, 0.5) is 10.1 Å². The summed E-state index contributed by atoms with van der Waals surface area (Å²) in [5.41, 5.74) is 1.76. The van der Waals surface area contributed by atoms with E-state index in [-0.39, 0.29) is 23.3 Å². The smallest absolute Gasteiger partial charge is 0.255 e. The van der Waals surface area contributed by atoms with Crippen LogP contribution in [0.2, 0.25) is 0 Å². The quantitative estimate of drug-likeness (QED) is 0.886. The highest BCUT2D eigenvalue weighted by Crippen LogP contribution is 2.21. The van der Waals surface area contributed by atoms with E-state index in [4.69, 9.17) is 0 Å². The van der Waals surface area contributed by atoms with Gasteiger partial charge in [-0.2, -0.15) is 0 Å². The molecule has 0 aromatic heterocycles. The zero-order valence-electron chi connectivity index (χ0n) is 14.7. The molecule has 136 valence electrons. The Balaban J connectivity index is 1.64. The van der Waals surface area contributed by atoms with Crippen LogP contribution in [0, 0.1) is 5.82 Å². The fourth-order valence-electron chi connectivity index (χ4n) is 2.99. The molecule has 1 aliphatic rings. The lowest BCUT2D eigenvalue weighted by Gasteiger charge is -2.30. The lowest BCUT2D eigenvalue weighted by Crippen LogP contribution is -2.47. The predicted molar refractivity (Wildman–Crippen MR) is 98.7 cm³/mol. The van der Waals surface area contributed by atoms with Gasteiger partial charge in [0.05, 0.1) is 5.92 Å². The molecule has 1 aliphatic heterocycles. The Labute approximate surface area is 152 Å². The van der Waals surface area contributed by atoms with Gasteiger partial charge in [0.15, 0.2) is 0 Å². The van der Waals surface area contributed by atoms with E-state index in [1.165, 1.54) is 18.2 Å². The summed E-state index contributed by atoms with van der Waals surface area (Å²) in [5, 5.41) is 5.97. The van der Waals surface area contributed by atoms with E-state index in [0.717, 1.165) is 31.7 Å². The highest BCUT2D eigenvalue weighted by molar-refractivity contribution is 6.04. The van der Waals surface area contributed by atoms with Crippen LogP contribution >= 0.6 is 0 Å². The second-order valence-electron chi connectivity index (χ2n) is 6.38. The van der Waals surface area contributed by atoms with Gasteiger partial charge >= 0.3 is 0 Å². The number of carbonyl (C=O) groups is 2. The number of amides is 2. The number of hydrogen-bond donors (Lipinski definition) is 2. The van der Waals surface area contributed by atoms with Crippen molar-refractivity contribution in [3.63, 3.8) is 0 Å². The molecule has 3 rings (SSSR count). The minimum Gasteiger partial charge on any atom is -0.340 e. The molecule has 1 atom stereocenters. The summed E-state index contributed by atoms with van der Waals surface area (Å²) in [6.45, 7) is 4.99. The Kier molecular flexibility index (Phi) is 5.63. The van der Waals surface area contributed by atoms with E-state index in [1.54, 1.807) is 18.2 Å². The fourth-order valence-corrected chi connectivity index (χ4v) is 2.99. The van der Waals surface area contributed by atoms with Crippen molar-refractivity contribution in [1.29, 1.82) is 0 Å². The molecule has 0 bridgehead atoms. The molecule has 0 radical (unpaired) electrons. The Hall–Kier alpha value is -2.73. The largest absolute Gasteiger partial charge is 0.340 e. The minimum atomic E-state index is -0.451. The Morgan fingerprint density at radius 2 is 1.81 bits per heavy atom. The number of halogens is 1.